The van der Waals surface area contributed by atoms with E-state index in [0.29, 0.717) is 24.3 Å². The minimum atomic E-state index is -4.54. The normalized spacial score (nSPS) is 14.7. The molecule has 1 aromatic carbocycles. The number of piperazine rings is 1. The highest BCUT2D eigenvalue weighted by Gasteiger charge is 2.35. The number of amides is 1. The Kier molecular flexibility index (Phi) is 5.45. The maximum absolute atomic E-state index is 12.9. The number of hydrogen-bond donors (Lipinski definition) is 3. The summed E-state index contributed by atoms with van der Waals surface area (Å²) in [5.41, 5.74) is 0.174. The van der Waals surface area contributed by atoms with Gasteiger partial charge in [-0.15, -0.1) is 0 Å². The number of nitrogens with one attached hydrogen (secondary N) is 3. The fraction of sp³-hybridized carbons (Fsp3) is 0.353. The first-order valence-electron chi connectivity index (χ1n) is 8.37. The summed E-state index contributed by atoms with van der Waals surface area (Å²) in [5.74, 6) is -0.342. The fourth-order valence-electron chi connectivity index (χ4n) is 2.72. The lowest BCUT2D eigenvalue weighted by Crippen LogP contribution is -2.46. The van der Waals surface area contributed by atoms with Crippen molar-refractivity contribution in [3.05, 3.63) is 41.6 Å². The first-order valence-corrected chi connectivity index (χ1v) is 8.37. The number of anilines is 3. The highest BCUT2D eigenvalue weighted by Crippen LogP contribution is 2.33. The van der Waals surface area contributed by atoms with Crippen molar-refractivity contribution in [2.24, 2.45) is 0 Å². The van der Waals surface area contributed by atoms with Crippen LogP contribution in [0.3, 0.4) is 0 Å². The summed E-state index contributed by atoms with van der Waals surface area (Å²) in [4.78, 5) is 21.8. The molecule has 7 nitrogen and oxygen atoms in total. The molecule has 0 spiro atoms. The van der Waals surface area contributed by atoms with Crippen molar-refractivity contribution in [1.82, 2.24) is 20.2 Å². The molecule has 0 radical (unpaired) electrons. The largest absolute Gasteiger partial charge is 0.421 e. The molecule has 1 amide bonds. The number of alkyl halides is 3. The van der Waals surface area contributed by atoms with E-state index in [-0.39, 0.29) is 17.7 Å². The van der Waals surface area contributed by atoms with Crippen LogP contribution < -0.4 is 16.0 Å². The van der Waals surface area contributed by atoms with E-state index in [0.717, 1.165) is 19.3 Å². The Morgan fingerprint density at radius 3 is 2.44 bits per heavy atom. The third-order valence-electron chi connectivity index (χ3n) is 4.12. The van der Waals surface area contributed by atoms with Gasteiger partial charge in [-0.2, -0.15) is 18.2 Å². The van der Waals surface area contributed by atoms with Crippen LogP contribution in [0.5, 0.6) is 0 Å². The summed E-state index contributed by atoms with van der Waals surface area (Å²) < 4.78 is 38.7. The highest BCUT2D eigenvalue weighted by atomic mass is 19.4. The van der Waals surface area contributed by atoms with Crippen LogP contribution in [0.25, 0.3) is 0 Å². The van der Waals surface area contributed by atoms with Crippen molar-refractivity contribution in [3.8, 4) is 0 Å². The Hall–Kier alpha value is -2.88. The topological polar surface area (TPSA) is 82.2 Å². The third kappa shape index (κ3) is 4.45. The molecule has 144 valence electrons. The van der Waals surface area contributed by atoms with Crippen molar-refractivity contribution in [2.75, 3.05) is 43.9 Å². The van der Waals surface area contributed by atoms with Gasteiger partial charge < -0.3 is 20.9 Å². The van der Waals surface area contributed by atoms with Crippen LogP contribution in [0.2, 0.25) is 0 Å². The van der Waals surface area contributed by atoms with Gasteiger partial charge >= 0.3 is 6.18 Å². The van der Waals surface area contributed by atoms with Gasteiger partial charge in [-0.3, -0.25) is 4.79 Å². The molecule has 0 saturated carbocycles. The zero-order valence-corrected chi connectivity index (χ0v) is 14.6. The average molecular weight is 380 g/mol. The second-order valence-corrected chi connectivity index (χ2v) is 5.95. The highest BCUT2D eigenvalue weighted by molar-refractivity contribution is 5.94. The summed E-state index contributed by atoms with van der Waals surface area (Å²) in [7, 11) is 1.36. The van der Waals surface area contributed by atoms with Gasteiger partial charge in [0, 0.05) is 50.7 Å². The zero-order chi connectivity index (χ0) is 19.4. The minimum absolute atomic E-state index is 0.0218. The predicted octanol–water partition coefficient (Wildman–Crippen LogP) is 2.33. The molecule has 2 aromatic rings. The number of halogens is 3. The van der Waals surface area contributed by atoms with Crippen molar-refractivity contribution >= 4 is 23.4 Å². The molecule has 0 aliphatic carbocycles. The van der Waals surface area contributed by atoms with E-state index in [1.54, 1.807) is 29.2 Å². The second-order valence-electron chi connectivity index (χ2n) is 5.95. The molecule has 1 saturated heterocycles. The molecule has 0 atom stereocenters. The molecule has 1 aliphatic rings. The maximum Gasteiger partial charge on any atom is 0.421 e. The number of hydrogen-bond acceptors (Lipinski definition) is 6. The lowest BCUT2D eigenvalue weighted by molar-refractivity contribution is -0.137. The molecule has 3 rings (SSSR count). The van der Waals surface area contributed by atoms with Gasteiger partial charge in [0.25, 0.3) is 5.91 Å². The maximum atomic E-state index is 12.9. The third-order valence-corrected chi connectivity index (χ3v) is 4.12. The van der Waals surface area contributed by atoms with Crippen LogP contribution in [-0.4, -0.2) is 54.0 Å². The Balaban J connectivity index is 1.72. The lowest BCUT2D eigenvalue weighted by atomic mass is 10.1. The standard InChI is InChI=1S/C17H19F3N6O/c1-21-14-13(17(18,19)20)10-23-16(25-14)24-12-4-2-11(3-5-12)15(27)26-8-6-22-7-9-26/h2-5,10,22H,6-9H2,1H3,(H2,21,23,24,25). The van der Waals surface area contributed by atoms with Crippen LogP contribution >= 0.6 is 0 Å². The van der Waals surface area contributed by atoms with Crippen molar-refractivity contribution in [2.45, 2.75) is 6.18 Å². The van der Waals surface area contributed by atoms with E-state index < -0.39 is 11.7 Å². The zero-order valence-electron chi connectivity index (χ0n) is 14.6. The van der Waals surface area contributed by atoms with Gasteiger partial charge in [0.1, 0.15) is 11.4 Å². The van der Waals surface area contributed by atoms with Crippen LogP contribution in [0.1, 0.15) is 15.9 Å². The number of rotatable bonds is 4. The number of carbonyl (C=O) groups excluding carboxylic acids is 1. The van der Waals surface area contributed by atoms with Crippen molar-refractivity contribution in [3.63, 3.8) is 0 Å². The number of aromatic nitrogens is 2. The number of nitrogens with zero attached hydrogens (tertiary/aromatic N) is 3. The monoisotopic (exact) mass is 380 g/mol. The Morgan fingerprint density at radius 1 is 1.19 bits per heavy atom. The Morgan fingerprint density at radius 2 is 1.85 bits per heavy atom. The van der Waals surface area contributed by atoms with Gasteiger partial charge in [-0.1, -0.05) is 0 Å². The number of benzene rings is 1. The van der Waals surface area contributed by atoms with E-state index in [2.05, 4.69) is 25.9 Å². The molecule has 1 aromatic heterocycles. The lowest BCUT2D eigenvalue weighted by Gasteiger charge is -2.27. The molecule has 2 heterocycles. The first-order chi connectivity index (χ1) is 12.9. The molecule has 3 N–H and O–H groups in total. The van der Waals surface area contributed by atoms with Crippen LogP contribution in [0, 0.1) is 0 Å². The summed E-state index contributed by atoms with van der Waals surface area (Å²) in [5, 5.41) is 8.45. The van der Waals surface area contributed by atoms with E-state index >= 15 is 0 Å². The first kappa shape index (κ1) is 18.9. The molecule has 0 unspecified atom stereocenters. The van der Waals surface area contributed by atoms with Crippen LogP contribution in [-0.2, 0) is 6.18 Å². The van der Waals surface area contributed by atoms with Gasteiger partial charge in [-0.25, -0.2) is 4.98 Å². The quantitative estimate of drug-likeness (QED) is 0.755. The van der Waals surface area contributed by atoms with Crippen LogP contribution in [0.4, 0.5) is 30.6 Å². The summed E-state index contributed by atoms with van der Waals surface area (Å²) in [6.07, 6.45) is -3.81. The SMILES string of the molecule is CNc1nc(Nc2ccc(C(=O)N3CCNCC3)cc2)ncc1C(F)(F)F. The molecule has 10 heteroatoms. The van der Waals surface area contributed by atoms with E-state index in [1.165, 1.54) is 7.05 Å². The summed E-state index contributed by atoms with van der Waals surface area (Å²) in [6.45, 7) is 2.85. The van der Waals surface area contributed by atoms with E-state index in [9.17, 15) is 18.0 Å². The van der Waals surface area contributed by atoms with Crippen LogP contribution in [0.15, 0.2) is 30.5 Å². The fourth-order valence-corrected chi connectivity index (χ4v) is 2.72. The van der Waals surface area contributed by atoms with Gasteiger partial charge in [0.2, 0.25) is 5.95 Å². The number of carbonyl (C=O) groups is 1. The molecule has 0 bridgehead atoms. The second kappa shape index (κ2) is 7.78. The predicted molar refractivity (Wildman–Crippen MR) is 95.1 cm³/mol. The summed E-state index contributed by atoms with van der Waals surface area (Å²) >= 11 is 0. The van der Waals surface area contributed by atoms with Gasteiger partial charge in [-0.05, 0) is 24.3 Å². The smallest absolute Gasteiger partial charge is 0.372 e. The average Bonchev–Trinajstić information content (AvgIpc) is 2.67. The van der Waals surface area contributed by atoms with Crippen molar-refractivity contribution in [1.29, 1.82) is 0 Å². The molecule has 1 aliphatic heterocycles. The van der Waals surface area contributed by atoms with Gasteiger partial charge in [0.05, 0.1) is 0 Å². The molecular formula is C17H19F3N6O. The Labute approximate surface area is 154 Å². The van der Waals surface area contributed by atoms with E-state index in [1.807, 2.05) is 0 Å². The molecular weight excluding hydrogens is 361 g/mol. The van der Waals surface area contributed by atoms with E-state index in [4.69, 9.17) is 0 Å². The van der Waals surface area contributed by atoms with Crippen molar-refractivity contribution < 1.29 is 18.0 Å². The summed E-state index contributed by atoms with van der Waals surface area (Å²) in [6, 6.07) is 6.65. The minimum Gasteiger partial charge on any atom is -0.372 e. The van der Waals surface area contributed by atoms with Gasteiger partial charge in [0.15, 0.2) is 0 Å². The molecule has 1 fully saturated rings. The molecule has 27 heavy (non-hydrogen) atoms. The Bertz CT molecular complexity index is 803.